The molecule has 0 radical (unpaired) electrons. The van der Waals surface area contributed by atoms with E-state index in [1.807, 2.05) is 6.07 Å². The second kappa shape index (κ2) is 4.31. The average molecular weight is 215 g/mol. The number of carbonyl (C=O) groups is 1. The Balaban J connectivity index is 1.96. The van der Waals surface area contributed by atoms with Crippen molar-refractivity contribution in [1.29, 1.82) is 5.26 Å². The van der Waals surface area contributed by atoms with Crippen molar-refractivity contribution < 1.29 is 4.79 Å². The number of nitrogens with zero attached hydrogens (tertiary/aromatic N) is 2. The van der Waals surface area contributed by atoms with Crippen LogP contribution in [0.15, 0.2) is 24.5 Å². The number of nitriles is 1. The third-order valence-electron chi connectivity index (χ3n) is 2.02. The van der Waals surface area contributed by atoms with Gasteiger partial charge in [0.1, 0.15) is 23.3 Å². The minimum atomic E-state index is -0.266. The normalized spacial score (nSPS) is 9.69. The van der Waals surface area contributed by atoms with Crippen LogP contribution in [0.25, 0.3) is 0 Å². The minimum absolute atomic E-state index is 0.266. The Bertz CT molecular complexity index is 520. The van der Waals surface area contributed by atoms with E-state index in [0.717, 1.165) is 0 Å². The van der Waals surface area contributed by atoms with Crippen LogP contribution in [-0.2, 0) is 6.54 Å². The number of carbonyl (C=O) groups excluding carboxylic acids is 1. The average Bonchev–Trinajstić information content (AvgIpc) is 2.96. The Labute approximate surface area is 91.3 Å². The number of nitrogens with one attached hydrogen (secondary N) is 3. The Morgan fingerprint density at radius 3 is 3.06 bits per heavy atom. The van der Waals surface area contributed by atoms with Crippen molar-refractivity contribution in [2.45, 2.75) is 6.54 Å². The maximum atomic E-state index is 11.6. The lowest BCUT2D eigenvalue weighted by Crippen LogP contribution is -2.23. The van der Waals surface area contributed by atoms with Crippen LogP contribution in [0, 0.1) is 11.3 Å². The molecule has 0 atom stereocenters. The van der Waals surface area contributed by atoms with Crippen LogP contribution in [-0.4, -0.2) is 20.9 Å². The van der Waals surface area contributed by atoms with Gasteiger partial charge in [0.05, 0.1) is 6.54 Å². The van der Waals surface area contributed by atoms with E-state index in [2.05, 4.69) is 20.3 Å². The molecular weight excluding hydrogens is 206 g/mol. The lowest BCUT2D eigenvalue weighted by Gasteiger charge is -2.00. The van der Waals surface area contributed by atoms with Crippen LogP contribution >= 0.6 is 0 Å². The SMILES string of the molecule is N#Cc1ccc(C(=O)NCc2ncc[nH]2)[nH]1. The number of H-pyrrole nitrogens is 2. The fraction of sp³-hybridized carbons (Fsp3) is 0.100. The standard InChI is InChI=1S/C10H9N5O/c11-5-7-1-2-8(15-7)10(16)14-6-9-12-3-4-13-9/h1-4,15H,6H2,(H,12,13)(H,14,16). The van der Waals surface area contributed by atoms with E-state index < -0.39 is 0 Å². The van der Waals surface area contributed by atoms with Crippen molar-refractivity contribution in [3.63, 3.8) is 0 Å². The second-order valence-corrected chi connectivity index (χ2v) is 3.12. The molecule has 16 heavy (non-hydrogen) atoms. The largest absolute Gasteiger partial charge is 0.347 e. The summed E-state index contributed by atoms with van der Waals surface area (Å²) in [4.78, 5) is 21.1. The molecule has 0 fully saturated rings. The summed E-state index contributed by atoms with van der Waals surface area (Å²) in [6.07, 6.45) is 3.30. The van der Waals surface area contributed by atoms with Gasteiger partial charge in [0.2, 0.25) is 0 Å². The summed E-state index contributed by atoms with van der Waals surface area (Å²) in [6.45, 7) is 0.326. The van der Waals surface area contributed by atoms with Gasteiger partial charge in [0.25, 0.3) is 5.91 Å². The molecule has 0 saturated heterocycles. The predicted molar refractivity (Wildman–Crippen MR) is 55.3 cm³/mol. The molecule has 0 aromatic carbocycles. The van der Waals surface area contributed by atoms with Gasteiger partial charge < -0.3 is 15.3 Å². The fourth-order valence-corrected chi connectivity index (χ4v) is 1.25. The maximum absolute atomic E-state index is 11.6. The van der Waals surface area contributed by atoms with Crippen LogP contribution in [0.2, 0.25) is 0 Å². The van der Waals surface area contributed by atoms with Crippen LogP contribution in [0.4, 0.5) is 0 Å². The second-order valence-electron chi connectivity index (χ2n) is 3.12. The molecule has 0 saturated carbocycles. The summed E-state index contributed by atoms with van der Waals surface area (Å²) in [6, 6.07) is 5.04. The molecule has 0 bridgehead atoms. The number of hydrogen-bond acceptors (Lipinski definition) is 3. The molecule has 2 aromatic rings. The molecule has 0 aliphatic rings. The summed E-state index contributed by atoms with van der Waals surface area (Å²) in [7, 11) is 0. The molecule has 2 heterocycles. The fourth-order valence-electron chi connectivity index (χ4n) is 1.25. The van der Waals surface area contributed by atoms with Crippen LogP contribution in [0.3, 0.4) is 0 Å². The zero-order valence-corrected chi connectivity index (χ0v) is 8.32. The molecule has 2 aromatic heterocycles. The molecular formula is C10H9N5O. The quantitative estimate of drug-likeness (QED) is 0.696. The molecule has 6 heteroatoms. The van der Waals surface area contributed by atoms with Crippen LogP contribution in [0.1, 0.15) is 22.0 Å². The highest BCUT2D eigenvalue weighted by Crippen LogP contribution is 2.00. The topological polar surface area (TPSA) is 97.4 Å². The first kappa shape index (κ1) is 9.98. The zero-order chi connectivity index (χ0) is 11.4. The number of imidazole rings is 1. The number of aromatic nitrogens is 3. The van der Waals surface area contributed by atoms with Gasteiger partial charge in [-0.05, 0) is 12.1 Å². The number of aromatic amines is 2. The smallest absolute Gasteiger partial charge is 0.268 e. The highest BCUT2D eigenvalue weighted by molar-refractivity contribution is 5.92. The van der Waals surface area contributed by atoms with E-state index in [4.69, 9.17) is 5.26 Å². The van der Waals surface area contributed by atoms with Crippen molar-refractivity contribution in [2.24, 2.45) is 0 Å². The molecule has 0 aliphatic carbocycles. The molecule has 0 unspecified atom stereocenters. The minimum Gasteiger partial charge on any atom is -0.347 e. The van der Waals surface area contributed by atoms with Gasteiger partial charge >= 0.3 is 0 Å². The van der Waals surface area contributed by atoms with Crippen molar-refractivity contribution in [1.82, 2.24) is 20.3 Å². The number of amides is 1. The van der Waals surface area contributed by atoms with E-state index in [1.54, 1.807) is 24.5 Å². The van der Waals surface area contributed by atoms with Gasteiger partial charge in [-0.1, -0.05) is 0 Å². The Hall–Kier alpha value is -2.55. The van der Waals surface area contributed by atoms with Gasteiger partial charge in [0.15, 0.2) is 0 Å². The van der Waals surface area contributed by atoms with Gasteiger partial charge in [0, 0.05) is 12.4 Å². The molecule has 0 aliphatic heterocycles. The molecule has 3 N–H and O–H groups in total. The van der Waals surface area contributed by atoms with Gasteiger partial charge in [-0.25, -0.2) is 4.98 Å². The van der Waals surface area contributed by atoms with Crippen molar-refractivity contribution in [3.8, 4) is 6.07 Å². The third-order valence-corrected chi connectivity index (χ3v) is 2.02. The Morgan fingerprint density at radius 2 is 2.44 bits per heavy atom. The molecule has 1 amide bonds. The van der Waals surface area contributed by atoms with Gasteiger partial charge in [-0.15, -0.1) is 0 Å². The maximum Gasteiger partial charge on any atom is 0.268 e. The first-order chi connectivity index (χ1) is 7.79. The molecule has 80 valence electrons. The highest BCUT2D eigenvalue weighted by Gasteiger charge is 2.07. The van der Waals surface area contributed by atoms with Gasteiger partial charge in [-0.3, -0.25) is 4.79 Å². The lowest BCUT2D eigenvalue weighted by molar-refractivity contribution is 0.0945. The Kier molecular flexibility index (Phi) is 2.69. The van der Waals surface area contributed by atoms with Gasteiger partial charge in [-0.2, -0.15) is 5.26 Å². The van der Waals surface area contributed by atoms with Crippen molar-refractivity contribution >= 4 is 5.91 Å². The van der Waals surface area contributed by atoms with Crippen LogP contribution in [0.5, 0.6) is 0 Å². The van der Waals surface area contributed by atoms with E-state index in [0.29, 0.717) is 23.8 Å². The first-order valence-corrected chi connectivity index (χ1v) is 4.65. The van der Waals surface area contributed by atoms with Crippen LogP contribution < -0.4 is 5.32 Å². The van der Waals surface area contributed by atoms with E-state index in [9.17, 15) is 4.79 Å². The third kappa shape index (κ3) is 2.09. The van der Waals surface area contributed by atoms with E-state index >= 15 is 0 Å². The highest BCUT2D eigenvalue weighted by atomic mass is 16.1. The summed E-state index contributed by atoms with van der Waals surface area (Å²) in [5.74, 6) is 0.415. The van der Waals surface area contributed by atoms with E-state index in [1.165, 1.54) is 0 Å². The Morgan fingerprint density at radius 1 is 1.56 bits per heavy atom. The zero-order valence-electron chi connectivity index (χ0n) is 8.32. The van der Waals surface area contributed by atoms with E-state index in [-0.39, 0.29) is 5.91 Å². The monoisotopic (exact) mass is 215 g/mol. The predicted octanol–water partition coefficient (Wildman–Crippen LogP) is 0.539. The molecule has 0 spiro atoms. The molecule has 6 nitrogen and oxygen atoms in total. The number of rotatable bonds is 3. The summed E-state index contributed by atoms with van der Waals surface area (Å²) >= 11 is 0. The summed E-state index contributed by atoms with van der Waals surface area (Å²) < 4.78 is 0. The summed E-state index contributed by atoms with van der Waals surface area (Å²) in [5.41, 5.74) is 0.728. The lowest BCUT2D eigenvalue weighted by atomic mass is 10.4. The van der Waals surface area contributed by atoms with Crippen molar-refractivity contribution in [2.75, 3.05) is 0 Å². The molecule has 2 rings (SSSR count). The van der Waals surface area contributed by atoms with Crippen molar-refractivity contribution in [3.05, 3.63) is 41.7 Å². The first-order valence-electron chi connectivity index (χ1n) is 4.65. The number of hydrogen-bond donors (Lipinski definition) is 3. The summed E-state index contributed by atoms with van der Waals surface area (Å²) in [5, 5.41) is 11.3.